The van der Waals surface area contributed by atoms with Crippen LogP contribution >= 0.6 is 0 Å². The highest BCUT2D eigenvalue weighted by Crippen LogP contribution is 2.20. The molecule has 148 valence electrons. The zero-order valence-corrected chi connectivity index (χ0v) is 16.9. The van der Waals surface area contributed by atoms with E-state index in [1.165, 1.54) is 16.3 Å². The van der Waals surface area contributed by atoms with E-state index in [1.807, 2.05) is 30.4 Å². The fraction of sp³-hybridized carbons (Fsp3) is 0.375. The van der Waals surface area contributed by atoms with Gasteiger partial charge in [-0.3, -0.25) is 4.90 Å². The molecule has 0 aliphatic carbocycles. The third-order valence-electron chi connectivity index (χ3n) is 4.29. The van der Waals surface area contributed by atoms with Crippen molar-refractivity contribution in [2.75, 3.05) is 13.1 Å². The molecule has 1 unspecified atom stereocenters. The van der Waals surface area contributed by atoms with Crippen molar-refractivity contribution < 1.29 is 15.0 Å². The average molecular weight is 380 g/mol. The smallest absolute Gasteiger partial charge is 0.332 e. The first-order valence-corrected chi connectivity index (χ1v) is 9.54. The van der Waals surface area contributed by atoms with Crippen molar-refractivity contribution in [1.29, 1.82) is 0 Å². The average Bonchev–Trinajstić information content (AvgIpc) is 2.64. The molecule has 0 aromatic heterocycles. The number of nitrogens with zero attached hydrogens (tertiary/aromatic N) is 1. The first kappa shape index (κ1) is 21.7. The zero-order valence-electron chi connectivity index (χ0n) is 16.9. The van der Waals surface area contributed by atoms with Crippen LogP contribution in [-0.4, -0.2) is 40.3 Å². The lowest BCUT2D eigenvalue weighted by Crippen LogP contribution is -2.30. The van der Waals surface area contributed by atoms with E-state index in [1.54, 1.807) is 0 Å². The number of carboxylic acid groups (broad SMARTS) is 1. The van der Waals surface area contributed by atoms with Crippen LogP contribution < -0.4 is 0 Å². The molecule has 1 atom stereocenters. The SMILES string of the molecule is CC(C)(C)C#CC=CCN(CCC(O)C(=O)O)Cc1cccc2ccccc12. The van der Waals surface area contributed by atoms with E-state index < -0.39 is 12.1 Å². The minimum atomic E-state index is -1.35. The maximum Gasteiger partial charge on any atom is 0.332 e. The van der Waals surface area contributed by atoms with E-state index in [0.717, 1.165) is 0 Å². The molecule has 2 rings (SSSR count). The molecule has 0 aliphatic heterocycles. The van der Waals surface area contributed by atoms with Gasteiger partial charge in [-0.05, 0) is 49.6 Å². The molecule has 0 bridgehead atoms. The zero-order chi connectivity index (χ0) is 20.6. The van der Waals surface area contributed by atoms with Gasteiger partial charge in [0.1, 0.15) is 0 Å². The lowest BCUT2D eigenvalue weighted by Gasteiger charge is -2.22. The summed E-state index contributed by atoms with van der Waals surface area (Å²) in [5.41, 5.74) is 1.13. The summed E-state index contributed by atoms with van der Waals surface area (Å²) in [4.78, 5) is 13.1. The Morgan fingerprint density at radius 3 is 2.61 bits per heavy atom. The molecule has 28 heavy (non-hydrogen) atoms. The summed E-state index contributed by atoms with van der Waals surface area (Å²) in [6.45, 7) is 7.97. The second-order valence-electron chi connectivity index (χ2n) is 7.94. The number of aliphatic carboxylic acids is 1. The number of rotatable bonds is 8. The number of aliphatic hydroxyl groups is 1. The maximum absolute atomic E-state index is 10.9. The molecule has 4 heteroatoms. The Balaban J connectivity index is 2.13. The van der Waals surface area contributed by atoms with Gasteiger partial charge < -0.3 is 10.2 Å². The molecule has 0 saturated heterocycles. The van der Waals surface area contributed by atoms with Gasteiger partial charge >= 0.3 is 5.97 Å². The van der Waals surface area contributed by atoms with E-state index in [0.29, 0.717) is 19.6 Å². The Morgan fingerprint density at radius 2 is 1.89 bits per heavy atom. The van der Waals surface area contributed by atoms with E-state index in [-0.39, 0.29) is 11.8 Å². The van der Waals surface area contributed by atoms with Crippen molar-refractivity contribution in [2.45, 2.75) is 39.8 Å². The van der Waals surface area contributed by atoms with Crippen molar-refractivity contribution in [2.24, 2.45) is 5.41 Å². The van der Waals surface area contributed by atoms with Crippen LogP contribution in [0, 0.1) is 17.3 Å². The van der Waals surface area contributed by atoms with Crippen LogP contribution in [0.4, 0.5) is 0 Å². The molecule has 0 aliphatic rings. The molecule has 0 spiro atoms. The van der Waals surface area contributed by atoms with Gasteiger partial charge in [0, 0.05) is 25.0 Å². The summed E-state index contributed by atoms with van der Waals surface area (Å²) in [6.07, 6.45) is 2.66. The first-order chi connectivity index (χ1) is 13.3. The summed E-state index contributed by atoms with van der Waals surface area (Å²) in [5.74, 6) is 5.03. The number of aliphatic hydroxyl groups excluding tert-OH is 1. The number of hydrogen-bond donors (Lipinski definition) is 2. The Hall–Kier alpha value is -2.61. The van der Waals surface area contributed by atoms with Crippen LogP contribution in [0.5, 0.6) is 0 Å². The number of fused-ring (bicyclic) bond motifs is 1. The predicted molar refractivity (Wildman–Crippen MR) is 114 cm³/mol. The second-order valence-corrected chi connectivity index (χ2v) is 7.94. The fourth-order valence-corrected chi connectivity index (χ4v) is 2.85. The Kier molecular flexibility index (Phi) is 7.80. The van der Waals surface area contributed by atoms with Gasteiger partial charge in [0.25, 0.3) is 0 Å². The summed E-state index contributed by atoms with van der Waals surface area (Å²) >= 11 is 0. The lowest BCUT2D eigenvalue weighted by atomic mass is 9.98. The van der Waals surface area contributed by atoms with Gasteiger partial charge in [-0.25, -0.2) is 4.79 Å². The molecule has 0 radical (unpaired) electrons. The molecular formula is C24H29NO3. The quantitative estimate of drug-likeness (QED) is 0.679. The van der Waals surface area contributed by atoms with Gasteiger partial charge in [0.15, 0.2) is 6.10 Å². The fourth-order valence-electron chi connectivity index (χ4n) is 2.85. The van der Waals surface area contributed by atoms with Gasteiger partial charge in [-0.2, -0.15) is 0 Å². The summed E-state index contributed by atoms with van der Waals surface area (Å²) in [5, 5.41) is 21.0. The third kappa shape index (κ3) is 7.19. The van der Waals surface area contributed by atoms with Crippen LogP contribution in [0.1, 0.15) is 32.8 Å². The normalized spacial score (nSPS) is 12.9. The Morgan fingerprint density at radius 1 is 1.18 bits per heavy atom. The third-order valence-corrected chi connectivity index (χ3v) is 4.29. The number of hydrogen-bond acceptors (Lipinski definition) is 3. The van der Waals surface area contributed by atoms with E-state index >= 15 is 0 Å². The van der Waals surface area contributed by atoms with Gasteiger partial charge in [0.2, 0.25) is 0 Å². The second kappa shape index (κ2) is 10.1. The van der Waals surface area contributed by atoms with Crippen LogP contribution in [0.25, 0.3) is 10.8 Å². The number of allylic oxidation sites excluding steroid dienone is 1. The first-order valence-electron chi connectivity index (χ1n) is 9.54. The van der Waals surface area contributed by atoms with Crippen LogP contribution in [0.3, 0.4) is 0 Å². The van der Waals surface area contributed by atoms with Crippen molar-refractivity contribution in [1.82, 2.24) is 4.90 Å². The van der Waals surface area contributed by atoms with Gasteiger partial charge in [0.05, 0.1) is 0 Å². The summed E-state index contributed by atoms with van der Waals surface area (Å²) < 4.78 is 0. The Labute approximate surface area is 167 Å². The van der Waals surface area contributed by atoms with Crippen molar-refractivity contribution in [3.8, 4) is 11.8 Å². The molecular weight excluding hydrogens is 350 g/mol. The van der Waals surface area contributed by atoms with Crippen molar-refractivity contribution in [3.63, 3.8) is 0 Å². The highest BCUT2D eigenvalue weighted by atomic mass is 16.4. The molecule has 2 aromatic carbocycles. The number of benzene rings is 2. The topological polar surface area (TPSA) is 60.8 Å². The van der Waals surface area contributed by atoms with Crippen LogP contribution in [0.15, 0.2) is 54.6 Å². The molecule has 2 N–H and O–H groups in total. The number of carbonyl (C=O) groups is 1. The van der Waals surface area contributed by atoms with Gasteiger partial charge in [-0.1, -0.05) is 60.4 Å². The molecule has 0 amide bonds. The van der Waals surface area contributed by atoms with E-state index in [9.17, 15) is 9.90 Å². The highest BCUT2D eigenvalue weighted by Gasteiger charge is 2.15. The van der Waals surface area contributed by atoms with Gasteiger partial charge in [-0.15, -0.1) is 0 Å². The lowest BCUT2D eigenvalue weighted by molar-refractivity contribution is -0.147. The van der Waals surface area contributed by atoms with Crippen molar-refractivity contribution >= 4 is 16.7 Å². The molecule has 4 nitrogen and oxygen atoms in total. The minimum absolute atomic E-state index is 0.0431. The van der Waals surface area contributed by atoms with E-state index in [4.69, 9.17) is 5.11 Å². The minimum Gasteiger partial charge on any atom is -0.479 e. The van der Waals surface area contributed by atoms with E-state index in [2.05, 4.69) is 61.8 Å². The molecule has 0 heterocycles. The largest absolute Gasteiger partial charge is 0.479 e. The van der Waals surface area contributed by atoms with Crippen molar-refractivity contribution in [3.05, 3.63) is 60.2 Å². The molecule has 0 saturated carbocycles. The Bertz CT molecular complexity index is 879. The monoisotopic (exact) mass is 379 g/mol. The standard InChI is InChI=1S/C24H29NO3/c1-24(2,3)15-7-4-8-16-25(17-14-22(26)23(27)28)18-20-12-9-11-19-10-5-6-13-21(19)20/h4-6,8-13,22,26H,14,16-18H2,1-3H3,(H,27,28). The molecule has 0 fully saturated rings. The van der Waals surface area contributed by atoms with Crippen LogP contribution in [-0.2, 0) is 11.3 Å². The van der Waals surface area contributed by atoms with Crippen LogP contribution in [0.2, 0.25) is 0 Å². The summed E-state index contributed by atoms with van der Waals surface area (Å²) in [7, 11) is 0. The predicted octanol–water partition coefficient (Wildman–Crippen LogP) is 4.08. The summed E-state index contributed by atoms with van der Waals surface area (Å²) in [6, 6.07) is 14.4. The maximum atomic E-state index is 10.9. The molecule has 2 aromatic rings. The highest BCUT2D eigenvalue weighted by molar-refractivity contribution is 5.85. The number of carboxylic acids is 1.